The molecule has 0 spiro atoms. The van der Waals surface area contributed by atoms with Gasteiger partial charge in [0.2, 0.25) is 0 Å². The second-order valence-electron chi connectivity index (χ2n) is 9.01. The van der Waals surface area contributed by atoms with Crippen LogP contribution < -0.4 is 14.9 Å². The summed E-state index contributed by atoms with van der Waals surface area (Å²) in [7, 11) is 1.32. The van der Waals surface area contributed by atoms with Crippen LogP contribution in [0.4, 0.5) is 17.6 Å². The van der Waals surface area contributed by atoms with E-state index in [2.05, 4.69) is 15.5 Å². The molecule has 42 heavy (non-hydrogen) atoms. The Kier molecular flexibility index (Phi) is 7.74. The summed E-state index contributed by atoms with van der Waals surface area (Å²) in [5, 5.41) is 4.54. The number of rotatable bonds is 7. The highest BCUT2D eigenvalue weighted by atomic mass is 19.4. The maximum Gasteiger partial charge on any atom is 0.416 e. The Morgan fingerprint density at radius 1 is 0.905 bits per heavy atom. The number of ether oxygens (including phenoxy) is 2. The van der Waals surface area contributed by atoms with Crippen LogP contribution in [0.25, 0.3) is 22.0 Å². The van der Waals surface area contributed by atoms with Gasteiger partial charge in [-0.25, -0.2) is 14.6 Å². The van der Waals surface area contributed by atoms with Crippen LogP contribution in [0.15, 0.2) is 96.1 Å². The van der Waals surface area contributed by atoms with Crippen LogP contribution in [-0.4, -0.2) is 30.2 Å². The Hall–Kier alpha value is -5.45. The molecule has 0 radical (unpaired) electrons. The van der Waals surface area contributed by atoms with Gasteiger partial charge in [0, 0.05) is 16.5 Å². The van der Waals surface area contributed by atoms with Crippen LogP contribution in [0, 0.1) is 5.82 Å². The molecule has 1 amide bonds. The third-order valence-electron chi connectivity index (χ3n) is 6.25. The lowest BCUT2D eigenvalue weighted by Gasteiger charge is -2.11. The number of fused-ring (bicyclic) bond motifs is 1. The number of hydrogen-bond donors (Lipinski definition) is 2. The lowest BCUT2D eigenvalue weighted by molar-refractivity contribution is -0.137. The first-order chi connectivity index (χ1) is 20.1. The number of carbonyl (C=O) groups excluding carboxylic acids is 2. The van der Waals surface area contributed by atoms with Gasteiger partial charge < -0.3 is 14.5 Å². The topological polar surface area (TPSA) is 92.8 Å². The first-order valence-electron chi connectivity index (χ1n) is 12.4. The average molecular weight is 576 g/mol. The lowest BCUT2D eigenvalue weighted by Crippen LogP contribution is -2.18. The molecule has 0 atom stereocenters. The second kappa shape index (κ2) is 11.6. The van der Waals surface area contributed by atoms with Crippen molar-refractivity contribution in [2.75, 3.05) is 7.11 Å². The first-order valence-corrected chi connectivity index (χ1v) is 12.4. The Labute approximate surface area is 236 Å². The number of esters is 1. The number of hydrogen-bond acceptors (Lipinski definition) is 5. The zero-order chi connectivity index (χ0) is 29.9. The van der Waals surface area contributed by atoms with E-state index in [4.69, 9.17) is 9.47 Å². The van der Waals surface area contributed by atoms with Gasteiger partial charge in [0.05, 0.1) is 24.5 Å². The monoisotopic (exact) mass is 575 g/mol. The van der Waals surface area contributed by atoms with E-state index < -0.39 is 29.4 Å². The number of benzene rings is 4. The zero-order valence-electron chi connectivity index (χ0n) is 21.8. The molecule has 0 saturated carbocycles. The Bertz CT molecular complexity index is 1810. The highest BCUT2D eigenvalue weighted by Crippen LogP contribution is 2.34. The zero-order valence-corrected chi connectivity index (χ0v) is 21.8. The maximum atomic E-state index is 14.0. The molecule has 0 aliphatic carbocycles. The second-order valence-corrected chi connectivity index (χ2v) is 9.01. The number of amides is 1. The number of methoxy groups -OCH3 is 1. The summed E-state index contributed by atoms with van der Waals surface area (Å²) in [5.74, 6) is -1.93. The molecule has 5 rings (SSSR count). The van der Waals surface area contributed by atoms with Crippen molar-refractivity contribution in [3.8, 4) is 22.6 Å². The van der Waals surface area contributed by atoms with Gasteiger partial charge in [0.1, 0.15) is 11.5 Å². The number of nitrogens with one attached hydrogen (secondary N) is 2. The molecular formula is C31H21F4N3O4. The molecule has 0 saturated heterocycles. The van der Waals surface area contributed by atoms with Crippen LogP contribution >= 0.6 is 0 Å². The molecule has 5 aromatic rings. The third-order valence-corrected chi connectivity index (χ3v) is 6.25. The number of aromatic nitrogens is 1. The van der Waals surface area contributed by atoms with Crippen LogP contribution in [0.1, 0.15) is 32.0 Å². The fraction of sp³-hybridized carbons (Fsp3) is 0.0645. The fourth-order valence-corrected chi connectivity index (χ4v) is 4.29. The van der Waals surface area contributed by atoms with E-state index in [1.165, 1.54) is 49.7 Å². The molecule has 1 heterocycles. The Morgan fingerprint density at radius 3 is 2.43 bits per heavy atom. The van der Waals surface area contributed by atoms with Crippen molar-refractivity contribution >= 4 is 29.0 Å². The normalized spacial score (nSPS) is 11.5. The van der Waals surface area contributed by atoms with Crippen molar-refractivity contribution in [2.45, 2.75) is 6.18 Å². The fourth-order valence-electron chi connectivity index (χ4n) is 4.29. The van der Waals surface area contributed by atoms with E-state index in [0.717, 1.165) is 12.1 Å². The highest BCUT2D eigenvalue weighted by molar-refractivity contribution is 6.09. The van der Waals surface area contributed by atoms with E-state index in [-0.39, 0.29) is 22.8 Å². The van der Waals surface area contributed by atoms with Gasteiger partial charge in [-0.3, -0.25) is 4.79 Å². The predicted octanol–water partition coefficient (Wildman–Crippen LogP) is 6.98. The van der Waals surface area contributed by atoms with E-state index in [9.17, 15) is 27.2 Å². The number of alkyl halides is 3. The van der Waals surface area contributed by atoms with Crippen molar-refractivity contribution in [3.63, 3.8) is 0 Å². The van der Waals surface area contributed by atoms with Crippen LogP contribution in [0.3, 0.4) is 0 Å². The Morgan fingerprint density at radius 2 is 1.69 bits per heavy atom. The molecule has 212 valence electrons. The summed E-state index contributed by atoms with van der Waals surface area (Å²) >= 11 is 0. The number of halogens is 4. The van der Waals surface area contributed by atoms with Gasteiger partial charge in [0.25, 0.3) is 5.91 Å². The van der Waals surface area contributed by atoms with Gasteiger partial charge in [-0.1, -0.05) is 36.4 Å². The molecule has 11 heteroatoms. The van der Waals surface area contributed by atoms with Gasteiger partial charge in [-0.15, -0.1) is 0 Å². The molecule has 7 nitrogen and oxygen atoms in total. The molecule has 0 aliphatic heterocycles. The Balaban J connectivity index is 1.33. The average Bonchev–Trinajstić information content (AvgIpc) is 3.36. The van der Waals surface area contributed by atoms with E-state index in [1.54, 1.807) is 30.3 Å². The van der Waals surface area contributed by atoms with E-state index >= 15 is 0 Å². The molecule has 0 fully saturated rings. The van der Waals surface area contributed by atoms with Crippen molar-refractivity contribution in [2.24, 2.45) is 5.10 Å². The van der Waals surface area contributed by atoms with Gasteiger partial charge in [-0.2, -0.15) is 18.3 Å². The largest absolute Gasteiger partial charge is 0.493 e. The van der Waals surface area contributed by atoms with Crippen molar-refractivity contribution < 1.29 is 36.6 Å². The number of aromatic amines is 1. The minimum atomic E-state index is -4.61. The summed E-state index contributed by atoms with van der Waals surface area (Å²) in [6.07, 6.45) is -3.29. The molecule has 0 unspecified atom stereocenters. The van der Waals surface area contributed by atoms with Gasteiger partial charge in [-0.05, 0) is 65.7 Å². The van der Waals surface area contributed by atoms with Gasteiger partial charge >= 0.3 is 12.1 Å². The third kappa shape index (κ3) is 5.99. The molecule has 4 aromatic carbocycles. The molecule has 0 bridgehead atoms. The standard InChI is InChI=1S/C31H21F4N3O4/c1-41-26-14-18(10-13-25(26)42-30(40)20-8-5-9-21(15-20)31(33,34)35)17-36-38-29(39)28-27(19-6-3-2-4-7-19)23-16-22(32)11-12-24(23)37-28/h2-17,37H,1H3,(H,38,39). The number of H-pyrrole nitrogens is 1. The minimum absolute atomic E-state index is 0.0288. The van der Waals surface area contributed by atoms with Crippen LogP contribution in [0.2, 0.25) is 0 Å². The number of hydrazone groups is 1. The smallest absolute Gasteiger partial charge is 0.416 e. The van der Waals surface area contributed by atoms with E-state index in [0.29, 0.717) is 33.7 Å². The summed E-state index contributed by atoms with van der Waals surface area (Å²) in [6, 6.07) is 21.5. The molecule has 2 N–H and O–H groups in total. The lowest BCUT2D eigenvalue weighted by atomic mass is 10.0. The maximum absolute atomic E-state index is 14.0. The number of carbonyl (C=O) groups is 2. The van der Waals surface area contributed by atoms with E-state index in [1.807, 2.05) is 6.07 Å². The molecule has 1 aromatic heterocycles. The minimum Gasteiger partial charge on any atom is -0.493 e. The number of nitrogens with zero attached hydrogens (tertiary/aromatic N) is 1. The molecular weight excluding hydrogens is 554 g/mol. The highest BCUT2D eigenvalue weighted by Gasteiger charge is 2.31. The SMILES string of the molecule is COc1cc(C=NNC(=O)c2[nH]c3ccc(F)cc3c2-c2ccccc2)ccc1OC(=O)c1cccc(C(F)(F)F)c1. The van der Waals surface area contributed by atoms with Crippen LogP contribution in [-0.2, 0) is 6.18 Å². The predicted molar refractivity (Wildman–Crippen MR) is 148 cm³/mol. The summed E-state index contributed by atoms with van der Waals surface area (Å²) < 4.78 is 63.6. The summed E-state index contributed by atoms with van der Waals surface area (Å²) in [4.78, 5) is 28.6. The quantitative estimate of drug-likeness (QED) is 0.0720. The molecule has 0 aliphatic rings. The van der Waals surface area contributed by atoms with Gasteiger partial charge in [0.15, 0.2) is 11.5 Å². The van der Waals surface area contributed by atoms with Crippen molar-refractivity contribution in [3.05, 3.63) is 119 Å². The first kappa shape index (κ1) is 28.1. The summed E-state index contributed by atoms with van der Waals surface area (Å²) in [6.45, 7) is 0. The summed E-state index contributed by atoms with van der Waals surface area (Å²) in [5.41, 5.74) is 3.63. The van der Waals surface area contributed by atoms with Crippen molar-refractivity contribution in [1.82, 2.24) is 10.4 Å². The van der Waals surface area contributed by atoms with Crippen molar-refractivity contribution in [1.29, 1.82) is 0 Å². The van der Waals surface area contributed by atoms with Crippen LogP contribution in [0.5, 0.6) is 11.5 Å².